The van der Waals surface area contributed by atoms with Crippen LogP contribution in [-0.2, 0) is 4.79 Å². The van der Waals surface area contributed by atoms with E-state index in [4.69, 9.17) is 9.84 Å². The summed E-state index contributed by atoms with van der Waals surface area (Å²) in [6, 6.07) is 7.65. The fraction of sp³-hybridized carbons (Fsp3) is 0.600. The number of aliphatic carboxylic acids is 1. The van der Waals surface area contributed by atoms with Crippen LogP contribution in [0.15, 0.2) is 24.3 Å². The lowest BCUT2D eigenvalue weighted by molar-refractivity contribution is -0.137. The largest absolute Gasteiger partial charge is 0.493 e. The normalized spacial score (nSPS) is 20.2. The summed E-state index contributed by atoms with van der Waals surface area (Å²) in [5, 5.41) is 9.03. The molecule has 1 amide bonds. The fourth-order valence-electron chi connectivity index (χ4n) is 3.63. The van der Waals surface area contributed by atoms with Gasteiger partial charge in [-0.1, -0.05) is 19.1 Å². The van der Waals surface area contributed by atoms with Crippen LogP contribution >= 0.6 is 0 Å². The molecule has 144 valence electrons. The summed E-state index contributed by atoms with van der Waals surface area (Å²) in [7, 11) is 4.04. The molecular weight excluding hydrogens is 332 g/mol. The Morgan fingerprint density at radius 3 is 2.69 bits per heavy atom. The number of carbonyl (C=O) groups is 2. The molecule has 1 saturated heterocycles. The molecule has 26 heavy (non-hydrogen) atoms. The smallest absolute Gasteiger partial charge is 0.303 e. The highest BCUT2D eigenvalue weighted by molar-refractivity contribution is 5.97. The van der Waals surface area contributed by atoms with Crippen molar-refractivity contribution >= 4 is 11.9 Å². The van der Waals surface area contributed by atoms with E-state index < -0.39 is 5.97 Å². The monoisotopic (exact) mass is 362 g/mol. The Morgan fingerprint density at radius 2 is 2.04 bits per heavy atom. The number of benzene rings is 1. The number of carboxylic acids is 1. The Balaban J connectivity index is 2.13. The van der Waals surface area contributed by atoms with E-state index in [0.29, 0.717) is 43.5 Å². The molecule has 0 bridgehead atoms. The molecule has 1 fully saturated rings. The zero-order valence-corrected chi connectivity index (χ0v) is 16.0. The lowest BCUT2D eigenvalue weighted by Crippen LogP contribution is -2.50. The van der Waals surface area contributed by atoms with Gasteiger partial charge in [0, 0.05) is 25.6 Å². The fourth-order valence-corrected chi connectivity index (χ4v) is 3.63. The Labute approximate surface area is 155 Å². The summed E-state index contributed by atoms with van der Waals surface area (Å²) in [6.45, 7) is 3.86. The van der Waals surface area contributed by atoms with Crippen molar-refractivity contribution in [2.45, 2.75) is 38.6 Å². The number of ether oxygens (including phenoxy) is 1. The quantitative estimate of drug-likeness (QED) is 0.770. The van der Waals surface area contributed by atoms with Gasteiger partial charge in [-0.25, -0.2) is 0 Å². The molecule has 1 heterocycles. The molecular formula is C20H30N2O4. The van der Waals surface area contributed by atoms with E-state index in [1.165, 1.54) is 0 Å². The van der Waals surface area contributed by atoms with Crippen LogP contribution in [0.5, 0.6) is 5.75 Å². The molecule has 0 aromatic heterocycles. The van der Waals surface area contributed by atoms with Gasteiger partial charge < -0.3 is 19.6 Å². The van der Waals surface area contributed by atoms with Crippen LogP contribution in [0.1, 0.15) is 43.0 Å². The zero-order valence-electron chi connectivity index (χ0n) is 16.0. The van der Waals surface area contributed by atoms with Crippen LogP contribution in [0.2, 0.25) is 0 Å². The average Bonchev–Trinajstić information content (AvgIpc) is 2.64. The summed E-state index contributed by atoms with van der Waals surface area (Å²) in [4.78, 5) is 28.0. The second-order valence-electron chi connectivity index (χ2n) is 7.11. The maximum absolute atomic E-state index is 13.1. The number of para-hydroxylation sites is 1. The molecule has 1 aromatic rings. The van der Waals surface area contributed by atoms with Crippen molar-refractivity contribution in [3.8, 4) is 5.75 Å². The van der Waals surface area contributed by atoms with Gasteiger partial charge in [0.25, 0.3) is 5.91 Å². The van der Waals surface area contributed by atoms with Crippen LogP contribution in [0.3, 0.4) is 0 Å². The summed E-state index contributed by atoms with van der Waals surface area (Å²) in [5.74, 6) is -0.0443. The first-order valence-corrected chi connectivity index (χ1v) is 9.33. The number of piperidine rings is 1. The van der Waals surface area contributed by atoms with Gasteiger partial charge in [-0.3, -0.25) is 9.59 Å². The van der Waals surface area contributed by atoms with Crippen LogP contribution in [0.25, 0.3) is 0 Å². The average molecular weight is 362 g/mol. The minimum Gasteiger partial charge on any atom is -0.493 e. The molecule has 0 unspecified atom stereocenters. The van der Waals surface area contributed by atoms with Crippen molar-refractivity contribution in [3.63, 3.8) is 0 Å². The molecule has 0 saturated carbocycles. The van der Waals surface area contributed by atoms with E-state index >= 15 is 0 Å². The van der Waals surface area contributed by atoms with E-state index in [0.717, 1.165) is 12.8 Å². The van der Waals surface area contributed by atoms with Gasteiger partial charge in [0.15, 0.2) is 0 Å². The van der Waals surface area contributed by atoms with Gasteiger partial charge in [0.1, 0.15) is 5.75 Å². The minimum absolute atomic E-state index is 0.0331. The SMILES string of the molecule is CCCOc1ccccc1C(=O)N1CC[C@H](N(C)C)[C@H](CCC(=O)O)C1. The summed E-state index contributed by atoms with van der Waals surface area (Å²) >= 11 is 0. The molecule has 2 atom stereocenters. The highest BCUT2D eigenvalue weighted by Crippen LogP contribution is 2.28. The number of likely N-dealkylation sites (tertiary alicyclic amines) is 1. The molecule has 0 aliphatic carbocycles. The third-order valence-corrected chi connectivity index (χ3v) is 4.95. The minimum atomic E-state index is -0.788. The van der Waals surface area contributed by atoms with Crippen LogP contribution in [0.4, 0.5) is 0 Å². The maximum atomic E-state index is 13.1. The van der Waals surface area contributed by atoms with E-state index in [1.54, 1.807) is 6.07 Å². The van der Waals surface area contributed by atoms with E-state index in [1.807, 2.05) is 44.1 Å². The van der Waals surface area contributed by atoms with Crippen molar-refractivity contribution in [2.24, 2.45) is 5.92 Å². The second-order valence-corrected chi connectivity index (χ2v) is 7.11. The zero-order chi connectivity index (χ0) is 19.1. The van der Waals surface area contributed by atoms with Crippen LogP contribution in [0, 0.1) is 5.92 Å². The van der Waals surface area contributed by atoms with Crippen LogP contribution < -0.4 is 4.74 Å². The second kappa shape index (κ2) is 9.57. The molecule has 2 rings (SSSR count). The molecule has 6 nitrogen and oxygen atoms in total. The Kier molecular flexibility index (Phi) is 7.45. The Bertz CT molecular complexity index is 618. The van der Waals surface area contributed by atoms with Gasteiger partial charge in [-0.05, 0) is 51.4 Å². The Morgan fingerprint density at radius 1 is 1.31 bits per heavy atom. The lowest BCUT2D eigenvalue weighted by atomic mass is 9.87. The topological polar surface area (TPSA) is 70.1 Å². The number of carbonyl (C=O) groups excluding carboxylic acids is 1. The highest BCUT2D eigenvalue weighted by Gasteiger charge is 2.33. The summed E-state index contributed by atoms with van der Waals surface area (Å²) in [5.41, 5.74) is 0.584. The number of hydrogen-bond donors (Lipinski definition) is 1. The van der Waals surface area contributed by atoms with Gasteiger partial charge in [-0.15, -0.1) is 0 Å². The van der Waals surface area contributed by atoms with E-state index in [-0.39, 0.29) is 18.2 Å². The number of rotatable bonds is 8. The van der Waals surface area contributed by atoms with E-state index in [9.17, 15) is 9.59 Å². The van der Waals surface area contributed by atoms with Crippen molar-refractivity contribution in [2.75, 3.05) is 33.8 Å². The molecule has 1 N–H and O–H groups in total. The standard InChI is InChI=1S/C20H30N2O4/c1-4-13-26-18-8-6-5-7-16(18)20(25)22-12-11-17(21(2)3)15(14-22)9-10-19(23)24/h5-8,15,17H,4,9-14H2,1-3H3,(H,23,24)/t15-,17+/m1/s1. The first-order chi connectivity index (χ1) is 12.4. The van der Waals surface area contributed by atoms with E-state index in [2.05, 4.69) is 4.90 Å². The van der Waals surface area contributed by atoms with Gasteiger partial charge in [0.2, 0.25) is 0 Å². The van der Waals surface area contributed by atoms with Gasteiger partial charge in [-0.2, -0.15) is 0 Å². The predicted molar refractivity (Wildman–Crippen MR) is 101 cm³/mol. The Hall–Kier alpha value is -2.08. The number of carboxylic acid groups (broad SMARTS) is 1. The first-order valence-electron chi connectivity index (χ1n) is 9.33. The number of nitrogens with zero attached hydrogens (tertiary/aromatic N) is 2. The van der Waals surface area contributed by atoms with Crippen molar-refractivity contribution in [1.29, 1.82) is 0 Å². The number of hydrogen-bond acceptors (Lipinski definition) is 4. The van der Waals surface area contributed by atoms with Crippen molar-refractivity contribution in [1.82, 2.24) is 9.80 Å². The summed E-state index contributed by atoms with van der Waals surface area (Å²) in [6.07, 6.45) is 2.44. The third-order valence-electron chi connectivity index (χ3n) is 4.95. The van der Waals surface area contributed by atoms with Crippen molar-refractivity contribution < 1.29 is 19.4 Å². The first kappa shape index (κ1) is 20.2. The molecule has 1 aliphatic rings. The lowest BCUT2D eigenvalue weighted by Gasteiger charge is -2.41. The number of amides is 1. The van der Waals surface area contributed by atoms with Crippen LogP contribution in [-0.4, -0.2) is 66.6 Å². The summed E-state index contributed by atoms with van der Waals surface area (Å²) < 4.78 is 5.73. The molecule has 1 aliphatic heterocycles. The molecule has 0 radical (unpaired) electrons. The third kappa shape index (κ3) is 5.21. The molecule has 6 heteroatoms. The van der Waals surface area contributed by atoms with Gasteiger partial charge >= 0.3 is 5.97 Å². The molecule has 0 spiro atoms. The predicted octanol–water partition coefficient (Wildman–Crippen LogP) is 2.73. The van der Waals surface area contributed by atoms with Gasteiger partial charge in [0.05, 0.1) is 12.2 Å². The molecule has 1 aromatic carbocycles. The van der Waals surface area contributed by atoms with Crippen molar-refractivity contribution in [3.05, 3.63) is 29.8 Å². The maximum Gasteiger partial charge on any atom is 0.303 e. The highest BCUT2D eigenvalue weighted by atomic mass is 16.5.